The second-order valence-electron chi connectivity index (χ2n) is 6.92. The van der Waals surface area contributed by atoms with E-state index in [9.17, 15) is 9.59 Å². The summed E-state index contributed by atoms with van der Waals surface area (Å²) >= 11 is 1.70. The highest BCUT2D eigenvalue weighted by Crippen LogP contribution is 2.30. The quantitative estimate of drug-likeness (QED) is 0.823. The minimum Gasteiger partial charge on any atom is -0.355 e. The van der Waals surface area contributed by atoms with Crippen molar-refractivity contribution in [2.24, 2.45) is 5.92 Å². The van der Waals surface area contributed by atoms with Crippen molar-refractivity contribution in [2.75, 3.05) is 19.6 Å². The standard InChI is InChI=1S/C18H27N3O2S/c1-2-4-16(22)21-10-3-5-14(11-21)18-20-15(12-24-18)8-9-19-17(23)13-6-7-13/h12-14H,2-11H2,1H3,(H,19,23). The van der Waals surface area contributed by atoms with Crippen LogP contribution in [0, 0.1) is 5.92 Å². The first-order valence-corrected chi connectivity index (χ1v) is 10.0. The third-order valence-corrected chi connectivity index (χ3v) is 5.84. The molecule has 1 atom stereocenters. The van der Waals surface area contributed by atoms with E-state index >= 15 is 0 Å². The van der Waals surface area contributed by atoms with Crippen molar-refractivity contribution in [1.29, 1.82) is 0 Å². The van der Waals surface area contributed by atoms with Crippen LogP contribution in [-0.2, 0) is 16.0 Å². The summed E-state index contributed by atoms with van der Waals surface area (Å²) < 4.78 is 0. The normalized spacial score (nSPS) is 20.9. The average Bonchev–Trinajstić information content (AvgIpc) is 3.34. The number of nitrogens with one attached hydrogen (secondary N) is 1. The largest absolute Gasteiger partial charge is 0.355 e. The van der Waals surface area contributed by atoms with Gasteiger partial charge in [-0.25, -0.2) is 4.98 Å². The molecule has 1 saturated carbocycles. The lowest BCUT2D eigenvalue weighted by Crippen LogP contribution is -2.38. The minimum atomic E-state index is 0.197. The van der Waals surface area contributed by atoms with Crippen molar-refractivity contribution in [3.05, 3.63) is 16.1 Å². The molecular formula is C18H27N3O2S. The van der Waals surface area contributed by atoms with E-state index in [0.29, 0.717) is 18.9 Å². The molecule has 2 amide bonds. The Morgan fingerprint density at radius 2 is 2.21 bits per heavy atom. The van der Waals surface area contributed by atoms with E-state index in [4.69, 9.17) is 4.98 Å². The molecule has 6 heteroatoms. The number of thiazole rings is 1. The van der Waals surface area contributed by atoms with Gasteiger partial charge in [0.05, 0.1) is 10.7 Å². The van der Waals surface area contributed by atoms with Gasteiger partial charge in [0.15, 0.2) is 0 Å². The molecule has 2 aliphatic rings. The highest BCUT2D eigenvalue weighted by molar-refractivity contribution is 7.09. The van der Waals surface area contributed by atoms with E-state index in [1.165, 1.54) is 0 Å². The molecule has 1 aromatic rings. The predicted octanol–water partition coefficient (Wildman–Crippen LogP) is 2.72. The average molecular weight is 350 g/mol. The van der Waals surface area contributed by atoms with Gasteiger partial charge < -0.3 is 10.2 Å². The summed E-state index contributed by atoms with van der Waals surface area (Å²) in [6, 6.07) is 0. The second kappa shape index (κ2) is 8.10. The molecule has 5 nitrogen and oxygen atoms in total. The van der Waals surface area contributed by atoms with E-state index < -0.39 is 0 Å². The highest BCUT2D eigenvalue weighted by atomic mass is 32.1. The smallest absolute Gasteiger partial charge is 0.223 e. The lowest BCUT2D eigenvalue weighted by atomic mass is 9.98. The highest BCUT2D eigenvalue weighted by Gasteiger charge is 2.29. The third kappa shape index (κ3) is 4.56. The Morgan fingerprint density at radius 3 is 2.96 bits per heavy atom. The van der Waals surface area contributed by atoms with E-state index in [-0.39, 0.29) is 17.7 Å². The van der Waals surface area contributed by atoms with Crippen LogP contribution in [0.4, 0.5) is 0 Å². The second-order valence-corrected chi connectivity index (χ2v) is 7.81. The fraction of sp³-hybridized carbons (Fsp3) is 0.722. The molecule has 0 radical (unpaired) electrons. The number of hydrogen-bond acceptors (Lipinski definition) is 4. The minimum absolute atomic E-state index is 0.197. The Bertz CT molecular complexity index is 583. The summed E-state index contributed by atoms with van der Waals surface area (Å²) in [5, 5.41) is 6.24. The number of amides is 2. The Balaban J connectivity index is 1.48. The van der Waals surface area contributed by atoms with Crippen LogP contribution in [0.25, 0.3) is 0 Å². The maximum absolute atomic E-state index is 12.1. The van der Waals surface area contributed by atoms with Crippen molar-refractivity contribution in [3.63, 3.8) is 0 Å². The Labute approximate surface area is 147 Å². The van der Waals surface area contributed by atoms with Gasteiger partial charge in [-0.3, -0.25) is 9.59 Å². The van der Waals surface area contributed by atoms with Crippen LogP contribution in [0.15, 0.2) is 5.38 Å². The number of hydrogen-bond donors (Lipinski definition) is 1. The number of piperidine rings is 1. The van der Waals surface area contributed by atoms with Crippen LogP contribution in [0.2, 0.25) is 0 Å². The molecule has 0 bridgehead atoms. The molecule has 2 fully saturated rings. The van der Waals surface area contributed by atoms with E-state index in [1.807, 2.05) is 4.90 Å². The first kappa shape index (κ1) is 17.4. The summed E-state index contributed by atoms with van der Waals surface area (Å²) in [5.74, 6) is 1.12. The van der Waals surface area contributed by atoms with Crippen LogP contribution >= 0.6 is 11.3 Å². The number of nitrogens with zero attached hydrogens (tertiary/aromatic N) is 2. The van der Waals surface area contributed by atoms with Gasteiger partial charge in [0.2, 0.25) is 11.8 Å². The van der Waals surface area contributed by atoms with E-state index in [0.717, 1.165) is 62.3 Å². The van der Waals surface area contributed by atoms with Gasteiger partial charge in [-0.15, -0.1) is 11.3 Å². The zero-order valence-electron chi connectivity index (χ0n) is 14.4. The number of carbonyl (C=O) groups excluding carboxylic acids is 2. The first-order valence-electron chi connectivity index (χ1n) is 9.17. The van der Waals surface area contributed by atoms with E-state index in [2.05, 4.69) is 17.6 Å². The topological polar surface area (TPSA) is 62.3 Å². The van der Waals surface area contributed by atoms with Crippen LogP contribution in [-0.4, -0.2) is 41.3 Å². The zero-order valence-corrected chi connectivity index (χ0v) is 15.2. The van der Waals surface area contributed by atoms with Crippen LogP contribution in [0.5, 0.6) is 0 Å². The van der Waals surface area contributed by atoms with Crippen molar-refractivity contribution < 1.29 is 9.59 Å². The first-order chi connectivity index (χ1) is 11.7. The number of rotatable bonds is 7. The van der Waals surface area contributed by atoms with Crippen molar-refractivity contribution in [1.82, 2.24) is 15.2 Å². The maximum Gasteiger partial charge on any atom is 0.223 e. The van der Waals surface area contributed by atoms with Gasteiger partial charge in [0.25, 0.3) is 0 Å². The van der Waals surface area contributed by atoms with Gasteiger partial charge >= 0.3 is 0 Å². The molecule has 0 spiro atoms. The van der Waals surface area contributed by atoms with E-state index in [1.54, 1.807) is 11.3 Å². The molecule has 1 saturated heterocycles. The monoisotopic (exact) mass is 349 g/mol. The van der Waals surface area contributed by atoms with Crippen LogP contribution in [0.1, 0.15) is 62.1 Å². The molecule has 0 aromatic carbocycles. The van der Waals surface area contributed by atoms with Crippen molar-refractivity contribution in [3.8, 4) is 0 Å². The van der Waals surface area contributed by atoms with Gasteiger partial charge in [0, 0.05) is 49.7 Å². The van der Waals surface area contributed by atoms with Crippen molar-refractivity contribution >= 4 is 23.2 Å². The molecule has 1 N–H and O–H groups in total. The summed E-state index contributed by atoms with van der Waals surface area (Å²) in [5.41, 5.74) is 1.06. The van der Waals surface area contributed by atoms with Crippen molar-refractivity contribution in [2.45, 2.75) is 57.8 Å². The molecule has 132 valence electrons. The summed E-state index contributed by atoms with van der Waals surface area (Å²) in [4.78, 5) is 30.5. The molecule has 1 aromatic heterocycles. The third-order valence-electron chi connectivity index (χ3n) is 4.79. The molecular weight excluding hydrogens is 322 g/mol. The molecule has 24 heavy (non-hydrogen) atoms. The Hall–Kier alpha value is -1.43. The molecule has 1 aliphatic carbocycles. The number of aromatic nitrogens is 1. The Morgan fingerprint density at radius 1 is 1.38 bits per heavy atom. The molecule has 1 unspecified atom stereocenters. The SMILES string of the molecule is CCCC(=O)N1CCCC(c2nc(CCNC(=O)C3CC3)cs2)C1. The number of carbonyl (C=O) groups is 2. The fourth-order valence-corrected chi connectivity index (χ4v) is 4.19. The fourth-order valence-electron chi connectivity index (χ4n) is 3.21. The van der Waals surface area contributed by atoms with Crippen LogP contribution < -0.4 is 5.32 Å². The van der Waals surface area contributed by atoms with Gasteiger partial charge in [0.1, 0.15) is 0 Å². The van der Waals surface area contributed by atoms with Crippen LogP contribution in [0.3, 0.4) is 0 Å². The summed E-state index contributed by atoms with van der Waals surface area (Å²) in [6.07, 6.45) is 6.61. The predicted molar refractivity (Wildman–Crippen MR) is 95.0 cm³/mol. The lowest BCUT2D eigenvalue weighted by Gasteiger charge is -2.31. The molecule has 3 rings (SSSR count). The van der Waals surface area contributed by atoms with Gasteiger partial charge in [-0.1, -0.05) is 6.92 Å². The Kier molecular flexibility index (Phi) is 5.87. The summed E-state index contributed by atoms with van der Waals surface area (Å²) in [6.45, 7) is 4.42. The number of likely N-dealkylation sites (tertiary alicyclic amines) is 1. The summed E-state index contributed by atoms with van der Waals surface area (Å²) in [7, 11) is 0. The molecule has 1 aliphatic heterocycles. The van der Waals surface area contributed by atoms with Gasteiger partial charge in [-0.05, 0) is 32.1 Å². The maximum atomic E-state index is 12.1. The zero-order chi connectivity index (χ0) is 16.9. The lowest BCUT2D eigenvalue weighted by molar-refractivity contribution is -0.132. The van der Waals surface area contributed by atoms with Gasteiger partial charge in [-0.2, -0.15) is 0 Å². The molecule has 2 heterocycles.